The molecule has 0 aliphatic carbocycles. The van der Waals surface area contributed by atoms with Crippen molar-refractivity contribution >= 4 is 45.9 Å². The number of furan rings is 1. The molecule has 4 aromatic rings. The van der Waals surface area contributed by atoms with Gasteiger partial charge in [0.05, 0.1) is 25.1 Å². The second-order valence-electron chi connectivity index (χ2n) is 8.45. The number of hydrogen-bond donors (Lipinski definition) is 2. The van der Waals surface area contributed by atoms with E-state index in [1.807, 2.05) is 0 Å². The third-order valence-corrected chi connectivity index (χ3v) is 6.35. The number of ether oxygens (including phenoxy) is 1. The number of aliphatic hydroxyl groups is 1. The van der Waals surface area contributed by atoms with Crippen LogP contribution in [0.1, 0.15) is 27.7 Å². The number of methoxy groups -OCH3 is 1. The molecule has 0 fully saturated rings. The molecule has 186 valence electrons. The Balaban J connectivity index is 1.61. The van der Waals surface area contributed by atoms with Gasteiger partial charge in [0.25, 0.3) is 5.91 Å². The molecule has 3 aromatic carbocycles. The summed E-state index contributed by atoms with van der Waals surface area (Å²) < 4.78 is 11.1. The van der Waals surface area contributed by atoms with Crippen molar-refractivity contribution in [3.05, 3.63) is 106 Å². The van der Waals surface area contributed by atoms with Crippen molar-refractivity contribution in [3.63, 3.8) is 0 Å². The SMILES string of the molecule is COc1cc(Cl)cc2cc(C(=O)C3=C(O)C(=O)N(c4ccc(CC(=O)O)cc4)C3c3ccccc3)oc12. The van der Waals surface area contributed by atoms with E-state index in [2.05, 4.69) is 0 Å². The van der Waals surface area contributed by atoms with Gasteiger partial charge < -0.3 is 19.4 Å². The third-order valence-electron chi connectivity index (χ3n) is 6.13. The Labute approximate surface area is 215 Å². The Morgan fingerprint density at radius 1 is 1.05 bits per heavy atom. The van der Waals surface area contributed by atoms with E-state index >= 15 is 0 Å². The minimum absolute atomic E-state index is 0.0931. The molecule has 1 aliphatic heterocycles. The highest BCUT2D eigenvalue weighted by molar-refractivity contribution is 6.31. The number of carboxylic acids is 1. The number of ketones is 1. The maximum atomic E-state index is 13.8. The van der Waals surface area contributed by atoms with Crippen LogP contribution in [0.5, 0.6) is 5.75 Å². The van der Waals surface area contributed by atoms with E-state index in [-0.39, 0.29) is 17.8 Å². The van der Waals surface area contributed by atoms with Gasteiger partial charge >= 0.3 is 5.97 Å². The summed E-state index contributed by atoms with van der Waals surface area (Å²) >= 11 is 6.15. The molecule has 2 heterocycles. The molecule has 1 aliphatic rings. The lowest BCUT2D eigenvalue weighted by atomic mass is 9.94. The fourth-order valence-electron chi connectivity index (χ4n) is 4.49. The highest BCUT2D eigenvalue weighted by atomic mass is 35.5. The molecule has 1 unspecified atom stereocenters. The van der Waals surface area contributed by atoms with E-state index in [1.165, 1.54) is 18.1 Å². The first-order valence-electron chi connectivity index (χ1n) is 11.2. The molecule has 5 rings (SSSR count). The van der Waals surface area contributed by atoms with E-state index in [9.17, 15) is 19.5 Å². The van der Waals surface area contributed by atoms with Crippen LogP contribution in [0, 0.1) is 0 Å². The molecule has 0 saturated heterocycles. The fraction of sp³-hybridized carbons (Fsp3) is 0.107. The molecule has 2 N–H and O–H groups in total. The molecule has 8 nitrogen and oxygen atoms in total. The van der Waals surface area contributed by atoms with Crippen molar-refractivity contribution < 1.29 is 33.8 Å². The number of carbonyl (C=O) groups excluding carboxylic acids is 2. The summed E-state index contributed by atoms with van der Waals surface area (Å²) in [5, 5.41) is 20.9. The number of rotatable bonds is 7. The summed E-state index contributed by atoms with van der Waals surface area (Å²) in [6.45, 7) is 0. The lowest BCUT2D eigenvalue weighted by Gasteiger charge is -2.27. The van der Waals surface area contributed by atoms with E-state index in [1.54, 1.807) is 66.7 Å². The highest BCUT2D eigenvalue weighted by Crippen LogP contribution is 2.43. The van der Waals surface area contributed by atoms with Crippen molar-refractivity contribution in [1.29, 1.82) is 0 Å². The second kappa shape index (κ2) is 9.48. The largest absolute Gasteiger partial charge is 0.503 e. The molecule has 0 radical (unpaired) electrons. The van der Waals surface area contributed by atoms with Gasteiger partial charge in [-0.3, -0.25) is 19.3 Å². The molecular formula is C28H20ClNO7. The molecule has 0 spiro atoms. The van der Waals surface area contributed by atoms with Gasteiger partial charge in [0, 0.05) is 22.2 Å². The van der Waals surface area contributed by atoms with Crippen LogP contribution in [0.2, 0.25) is 5.02 Å². The van der Waals surface area contributed by atoms with Crippen molar-refractivity contribution in [3.8, 4) is 5.75 Å². The maximum Gasteiger partial charge on any atom is 0.307 e. The molecule has 1 amide bonds. The summed E-state index contributed by atoms with van der Waals surface area (Å²) in [5.74, 6) is -2.87. The predicted octanol–water partition coefficient (Wildman–Crippen LogP) is 5.50. The molecule has 0 saturated carbocycles. The average molecular weight is 518 g/mol. The van der Waals surface area contributed by atoms with Crippen LogP contribution < -0.4 is 9.64 Å². The van der Waals surface area contributed by atoms with Crippen LogP contribution in [0.4, 0.5) is 5.69 Å². The summed E-state index contributed by atoms with van der Waals surface area (Å²) in [5.41, 5.74) is 1.69. The van der Waals surface area contributed by atoms with Gasteiger partial charge in [-0.15, -0.1) is 0 Å². The number of benzene rings is 3. The van der Waals surface area contributed by atoms with Gasteiger partial charge in [0.1, 0.15) is 0 Å². The monoisotopic (exact) mass is 517 g/mol. The zero-order chi connectivity index (χ0) is 26.3. The van der Waals surface area contributed by atoms with Crippen LogP contribution >= 0.6 is 11.6 Å². The normalized spacial score (nSPS) is 15.5. The number of anilines is 1. The second-order valence-corrected chi connectivity index (χ2v) is 8.89. The zero-order valence-corrected chi connectivity index (χ0v) is 20.2. The van der Waals surface area contributed by atoms with Gasteiger partial charge in [-0.05, 0) is 35.4 Å². The first-order chi connectivity index (χ1) is 17.8. The first-order valence-corrected chi connectivity index (χ1v) is 11.6. The molecule has 1 atom stereocenters. The zero-order valence-electron chi connectivity index (χ0n) is 19.5. The van der Waals surface area contributed by atoms with Crippen molar-refractivity contribution in [2.75, 3.05) is 12.0 Å². The number of amides is 1. The standard InChI is InChI=1S/C28H20ClNO7/c1-36-21-14-18(29)12-17-13-20(37-27(17)21)25(33)23-24(16-5-3-2-4-6-16)30(28(35)26(23)34)19-9-7-15(8-10-19)11-22(31)32/h2-10,12-14,24,34H,11H2,1H3,(H,31,32). The highest BCUT2D eigenvalue weighted by Gasteiger charge is 2.45. The number of carbonyl (C=O) groups is 3. The predicted molar refractivity (Wildman–Crippen MR) is 136 cm³/mol. The third kappa shape index (κ3) is 4.32. The first kappa shape index (κ1) is 24.1. The Morgan fingerprint density at radius 2 is 1.76 bits per heavy atom. The Hall–Kier alpha value is -4.56. The molecule has 0 bridgehead atoms. The number of nitrogens with zero attached hydrogens (tertiary/aromatic N) is 1. The summed E-state index contributed by atoms with van der Waals surface area (Å²) in [7, 11) is 1.45. The fourth-order valence-corrected chi connectivity index (χ4v) is 4.70. The van der Waals surface area contributed by atoms with Gasteiger partial charge in [0.2, 0.25) is 5.78 Å². The lowest BCUT2D eigenvalue weighted by Crippen LogP contribution is -2.31. The van der Waals surface area contributed by atoms with Crippen LogP contribution in [-0.2, 0) is 16.0 Å². The van der Waals surface area contributed by atoms with Crippen LogP contribution in [0.15, 0.2) is 88.5 Å². The summed E-state index contributed by atoms with van der Waals surface area (Å²) in [6, 6.07) is 18.9. The number of carboxylic acid groups (broad SMARTS) is 1. The van der Waals surface area contributed by atoms with E-state index in [0.29, 0.717) is 38.6 Å². The van der Waals surface area contributed by atoms with E-state index in [4.69, 9.17) is 25.9 Å². The number of Topliss-reactive ketones (excluding diaryl/α,β-unsaturated/α-hetero) is 1. The number of aliphatic carboxylic acids is 1. The molecule has 37 heavy (non-hydrogen) atoms. The van der Waals surface area contributed by atoms with Gasteiger partial charge in [-0.1, -0.05) is 54.1 Å². The molecule has 9 heteroatoms. The van der Waals surface area contributed by atoms with Gasteiger partial charge in [-0.2, -0.15) is 0 Å². The Morgan fingerprint density at radius 3 is 2.41 bits per heavy atom. The van der Waals surface area contributed by atoms with Crippen LogP contribution in [0.3, 0.4) is 0 Å². The number of aliphatic hydroxyl groups excluding tert-OH is 1. The van der Waals surface area contributed by atoms with Crippen molar-refractivity contribution in [1.82, 2.24) is 0 Å². The summed E-state index contributed by atoms with van der Waals surface area (Å²) in [6.07, 6.45) is -0.177. The average Bonchev–Trinajstić information content (AvgIpc) is 3.43. The van der Waals surface area contributed by atoms with Crippen LogP contribution in [-0.4, -0.2) is 35.0 Å². The van der Waals surface area contributed by atoms with Crippen molar-refractivity contribution in [2.24, 2.45) is 0 Å². The molecular weight excluding hydrogens is 498 g/mol. The van der Waals surface area contributed by atoms with Gasteiger partial charge in [0.15, 0.2) is 22.9 Å². The number of hydrogen-bond acceptors (Lipinski definition) is 6. The Kier molecular flexibility index (Phi) is 6.19. The van der Waals surface area contributed by atoms with Crippen molar-refractivity contribution in [2.45, 2.75) is 12.5 Å². The summed E-state index contributed by atoms with van der Waals surface area (Å²) in [4.78, 5) is 39.4. The molecule has 1 aromatic heterocycles. The van der Waals surface area contributed by atoms with Crippen LogP contribution in [0.25, 0.3) is 11.0 Å². The number of fused-ring (bicyclic) bond motifs is 1. The smallest absolute Gasteiger partial charge is 0.307 e. The topological polar surface area (TPSA) is 117 Å². The quantitative estimate of drug-likeness (QED) is 0.310. The minimum Gasteiger partial charge on any atom is -0.503 e. The minimum atomic E-state index is -0.983. The lowest BCUT2D eigenvalue weighted by molar-refractivity contribution is -0.136. The van der Waals surface area contributed by atoms with E-state index < -0.39 is 29.5 Å². The van der Waals surface area contributed by atoms with E-state index in [0.717, 1.165) is 0 Å². The van der Waals surface area contributed by atoms with Gasteiger partial charge in [-0.25, -0.2) is 0 Å². The Bertz CT molecular complexity index is 1570. The number of halogens is 1. The maximum absolute atomic E-state index is 13.8.